The van der Waals surface area contributed by atoms with Crippen LogP contribution in [0.4, 0.5) is 5.69 Å². The summed E-state index contributed by atoms with van der Waals surface area (Å²) in [6.45, 7) is 9.14. The molecule has 0 bridgehead atoms. The Balaban J connectivity index is 1.56. The molecule has 2 N–H and O–H groups in total. The Bertz CT molecular complexity index is 667. The van der Waals surface area contributed by atoms with E-state index in [2.05, 4.69) is 58.9 Å². The van der Waals surface area contributed by atoms with Crippen molar-refractivity contribution in [2.24, 2.45) is 0 Å². The molecule has 0 radical (unpaired) electrons. The second-order valence-corrected chi connectivity index (χ2v) is 8.18. The van der Waals surface area contributed by atoms with Gasteiger partial charge < -0.3 is 19.9 Å². The van der Waals surface area contributed by atoms with E-state index in [1.165, 1.54) is 17.0 Å². The minimum atomic E-state index is 0.805. The van der Waals surface area contributed by atoms with Crippen LogP contribution >= 0.6 is 23.6 Å². The molecule has 3 rings (SSSR count). The maximum atomic E-state index is 5.73. The van der Waals surface area contributed by atoms with Crippen molar-refractivity contribution >= 4 is 34.4 Å². The maximum absolute atomic E-state index is 5.73. The lowest BCUT2D eigenvalue weighted by Crippen LogP contribution is -3.14. The van der Waals surface area contributed by atoms with Crippen molar-refractivity contribution in [1.82, 2.24) is 4.90 Å². The van der Waals surface area contributed by atoms with E-state index in [1.807, 2.05) is 0 Å². The third-order valence-electron chi connectivity index (χ3n) is 4.68. The number of aryl methyl sites for hydroxylation is 1. The number of quaternary nitrogens is 1. The molecular weight excluding hydrogens is 362 g/mol. The number of benzene rings is 1. The quantitative estimate of drug-likeness (QED) is 0.711. The van der Waals surface area contributed by atoms with Gasteiger partial charge in [0.25, 0.3) is 0 Å². The Morgan fingerprint density at radius 3 is 2.69 bits per heavy atom. The number of rotatable bonds is 7. The van der Waals surface area contributed by atoms with Crippen molar-refractivity contribution in [3.8, 4) is 0 Å². The van der Waals surface area contributed by atoms with Crippen molar-refractivity contribution in [3.05, 3.63) is 52.2 Å². The Morgan fingerprint density at radius 1 is 1.23 bits per heavy atom. The zero-order valence-corrected chi connectivity index (χ0v) is 17.0. The molecule has 1 aromatic carbocycles. The van der Waals surface area contributed by atoms with E-state index in [0.717, 1.165) is 56.6 Å². The van der Waals surface area contributed by atoms with Crippen molar-refractivity contribution in [2.45, 2.75) is 19.9 Å². The summed E-state index contributed by atoms with van der Waals surface area (Å²) in [5.74, 6) is 0. The number of anilines is 1. The predicted octanol–water partition coefficient (Wildman–Crippen LogP) is 2.56. The third-order valence-corrected chi connectivity index (χ3v) is 5.90. The first kappa shape index (κ1) is 19.3. The summed E-state index contributed by atoms with van der Waals surface area (Å²) in [5, 5.41) is 6.34. The zero-order chi connectivity index (χ0) is 18.2. The summed E-state index contributed by atoms with van der Waals surface area (Å²) in [7, 11) is 0. The molecule has 2 heterocycles. The number of morpholine rings is 1. The average molecular weight is 391 g/mol. The summed E-state index contributed by atoms with van der Waals surface area (Å²) < 4.78 is 5.45. The van der Waals surface area contributed by atoms with Crippen LogP contribution < -0.4 is 10.2 Å². The fraction of sp³-hybridized carbons (Fsp3) is 0.450. The Morgan fingerprint density at radius 2 is 2.00 bits per heavy atom. The van der Waals surface area contributed by atoms with Gasteiger partial charge in [0.1, 0.15) is 13.1 Å². The van der Waals surface area contributed by atoms with Crippen LogP contribution in [-0.4, -0.2) is 49.4 Å². The summed E-state index contributed by atoms with van der Waals surface area (Å²) in [4.78, 5) is 5.28. The molecule has 140 valence electrons. The highest BCUT2D eigenvalue weighted by molar-refractivity contribution is 7.80. The van der Waals surface area contributed by atoms with Crippen LogP contribution in [0.5, 0.6) is 0 Å². The monoisotopic (exact) mass is 390 g/mol. The molecular formula is C20H28N3OS2+. The van der Waals surface area contributed by atoms with Gasteiger partial charge in [-0.25, -0.2) is 0 Å². The van der Waals surface area contributed by atoms with Crippen LogP contribution in [0.3, 0.4) is 0 Å². The van der Waals surface area contributed by atoms with Crippen molar-refractivity contribution < 1.29 is 9.64 Å². The van der Waals surface area contributed by atoms with Crippen LogP contribution in [-0.2, 0) is 11.3 Å². The molecule has 0 saturated carbocycles. The van der Waals surface area contributed by atoms with Crippen LogP contribution in [0.15, 0.2) is 41.8 Å². The zero-order valence-electron chi connectivity index (χ0n) is 15.4. The Labute approximate surface area is 165 Å². The molecule has 1 aromatic heterocycles. The first-order chi connectivity index (χ1) is 12.7. The van der Waals surface area contributed by atoms with Gasteiger partial charge in [-0.05, 0) is 42.7 Å². The standard InChI is InChI=1S/C20H27N3OS2/c1-17-5-7-18(8-6-17)21-20(25)23(16-19-4-2-15-26-19)10-3-9-22-11-13-24-14-12-22/h2,4-8,15H,3,9-14,16H2,1H3,(H,21,25)/p+1. The van der Waals surface area contributed by atoms with Crippen molar-refractivity contribution in [1.29, 1.82) is 0 Å². The first-order valence-electron chi connectivity index (χ1n) is 9.27. The molecule has 6 heteroatoms. The van der Waals surface area contributed by atoms with Gasteiger partial charge in [-0.1, -0.05) is 23.8 Å². The molecule has 0 aliphatic carbocycles. The fourth-order valence-corrected chi connectivity index (χ4v) is 4.11. The molecule has 26 heavy (non-hydrogen) atoms. The highest BCUT2D eigenvalue weighted by Crippen LogP contribution is 2.15. The van der Waals surface area contributed by atoms with Crippen LogP contribution in [0, 0.1) is 6.92 Å². The van der Waals surface area contributed by atoms with Gasteiger partial charge in [0.2, 0.25) is 0 Å². The largest absolute Gasteiger partial charge is 0.370 e. The van der Waals surface area contributed by atoms with Crippen molar-refractivity contribution in [2.75, 3.05) is 44.7 Å². The molecule has 1 aliphatic rings. The van der Waals surface area contributed by atoms with E-state index >= 15 is 0 Å². The molecule has 4 nitrogen and oxygen atoms in total. The highest BCUT2D eigenvalue weighted by atomic mass is 32.1. The molecule has 1 fully saturated rings. The number of thiocarbonyl (C=S) groups is 1. The van der Waals surface area contributed by atoms with Gasteiger partial charge in [0.15, 0.2) is 5.11 Å². The second-order valence-electron chi connectivity index (χ2n) is 6.76. The topological polar surface area (TPSA) is 28.9 Å². The van der Waals surface area contributed by atoms with E-state index < -0.39 is 0 Å². The summed E-state index contributed by atoms with van der Waals surface area (Å²) >= 11 is 7.51. The molecule has 1 saturated heterocycles. The van der Waals surface area contributed by atoms with E-state index in [-0.39, 0.29) is 0 Å². The Hall–Kier alpha value is -1.47. The minimum absolute atomic E-state index is 0.805. The lowest BCUT2D eigenvalue weighted by atomic mass is 10.2. The molecule has 0 unspecified atom stereocenters. The molecule has 0 amide bonds. The van der Waals surface area contributed by atoms with Gasteiger partial charge in [0, 0.05) is 23.5 Å². The van der Waals surface area contributed by atoms with Gasteiger partial charge in [-0.3, -0.25) is 0 Å². The number of hydrogen-bond acceptors (Lipinski definition) is 3. The van der Waals surface area contributed by atoms with E-state index in [0.29, 0.717) is 0 Å². The van der Waals surface area contributed by atoms with Crippen LogP contribution in [0.1, 0.15) is 16.9 Å². The molecule has 1 aliphatic heterocycles. The molecule has 2 aromatic rings. The maximum Gasteiger partial charge on any atom is 0.173 e. The smallest absolute Gasteiger partial charge is 0.173 e. The Kier molecular flexibility index (Phi) is 7.43. The third kappa shape index (κ3) is 6.06. The highest BCUT2D eigenvalue weighted by Gasteiger charge is 2.16. The number of nitrogens with one attached hydrogen (secondary N) is 2. The SMILES string of the molecule is Cc1ccc(NC(=S)N(CCC[NH+]2CCOCC2)Cc2cccs2)cc1. The van der Waals surface area contributed by atoms with Gasteiger partial charge >= 0.3 is 0 Å². The normalized spacial score (nSPS) is 15.0. The van der Waals surface area contributed by atoms with Crippen molar-refractivity contribution in [3.63, 3.8) is 0 Å². The van der Waals surface area contributed by atoms with E-state index in [9.17, 15) is 0 Å². The lowest BCUT2D eigenvalue weighted by Gasteiger charge is -2.28. The first-order valence-corrected chi connectivity index (χ1v) is 10.6. The fourth-order valence-electron chi connectivity index (χ4n) is 3.11. The number of hydrogen-bond donors (Lipinski definition) is 2. The second kappa shape index (κ2) is 10.0. The predicted molar refractivity (Wildman–Crippen MR) is 113 cm³/mol. The molecule has 0 atom stereocenters. The van der Waals surface area contributed by atoms with Gasteiger partial charge in [0.05, 0.1) is 26.3 Å². The summed E-state index contributed by atoms with van der Waals surface area (Å²) in [6.07, 6.45) is 1.14. The van der Waals surface area contributed by atoms with E-state index in [4.69, 9.17) is 17.0 Å². The number of ether oxygens (including phenoxy) is 1. The van der Waals surface area contributed by atoms with E-state index in [1.54, 1.807) is 16.2 Å². The average Bonchev–Trinajstić information content (AvgIpc) is 3.17. The summed E-state index contributed by atoms with van der Waals surface area (Å²) in [6, 6.07) is 12.7. The van der Waals surface area contributed by atoms with Gasteiger partial charge in [-0.2, -0.15) is 0 Å². The van der Waals surface area contributed by atoms with Crippen LogP contribution in [0.2, 0.25) is 0 Å². The van der Waals surface area contributed by atoms with Gasteiger partial charge in [-0.15, -0.1) is 11.3 Å². The van der Waals surface area contributed by atoms with Crippen LogP contribution in [0.25, 0.3) is 0 Å². The lowest BCUT2D eigenvalue weighted by molar-refractivity contribution is -0.908. The minimum Gasteiger partial charge on any atom is -0.370 e. The summed E-state index contributed by atoms with van der Waals surface area (Å²) in [5.41, 5.74) is 2.31. The molecule has 0 spiro atoms. The number of nitrogens with zero attached hydrogens (tertiary/aromatic N) is 1. The number of thiophene rings is 1.